The van der Waals surface area contributed by atoms with Crippen LogP contribution < -0.4 is 20.1 Å². The van der Waals surface area contributed by atoms with Gasteiger partial charge < -0.3 is 20.1 Å². The monoisotopic (exact) mass is 444 g/mol. The van der Waals surface area contributed by atoms with Crippen LogP contribution in [0.2, 0.25) is 10.0 Å². The highest BCUT2D eigenvalue weighted by Crippen LogP contribution is 2.34. The molecule has 0 fully saturated rings. The van der Waals surface area contributed by atoms with Crippen LogP contribution in [0.5, 0.6) is 11.5 Å². The molecule has 7 heteroatoms. The Bertz CT molecular complexity index is 1010. The first-order chi connectivity index (χ1) is 14.4. The Balaban J connectivity index is 1.62. The highest BCUT2D eigenvalue weighted by atomic mass is 35.5. The van der Waals surface area contributed by atoms with Gasteiger partial charge in [0.1, 0.15) is 0 Å². The third-order valence-electron chi connectivity index (χ3n) is 4.35. The molecule has 0 radical (unpaired) electrons. The Morgan fingerprint density at radius 1 is 0.933 bits per heavy atom. The number of aryl methyl sites for hydroxylation is 1. The summed E-state index contributed by atoms with van der Waals surface area (Å²) in [5.41, 5.74) is 3.58. The molecular formula is C23H22Cl2N2O3. The first-order valence-corrected chi connectivity index (χ1v) is 10.1. The Hall–Kier alpha value is -2.89. The average molecular weight is 445 g/mol. The Labute approximate surface area is 185 Å². The van der Waals surface area contributed by atoms with E-state index < -0.39 is 0 Å². The first kappa shape index (κ1) is 21.8. The van der Waals surface area contributed by atoms with Crippen molar-refractivity contribution >= 4 is 40.5 Å². The zero-order valence-electron chi connectivity index (χ0n) is 16.7. The molecule has 0 aliphatic rings. The van der Waals surface area contributed by atoms with E-state index in [0.29, 0.717) is 33.8 Å². The number of nitrogens with one attached hydrogen (secondary N) is 2. The highest BCUT2D eigenvalue weighted by molar-refractivity contribution is 6.31. The lowest BCUT2D eigenvalue weighted by Gasteiger charge is -2.15. The van der Waals surface area contributed by atoms with Crippen LogP contribution in [-0.4, -0.2) is 19.6 Å². The molecule has 0 spiro atoms. The number of halogens is 2. The van der Waals surface area contributed by atoms with Crippen molar-refractivity contribution in [3.8, 4) is 11.5 Å². The molecule has 30 heavy (non-hydrogen) atoms. The fourth-order valence-corrected chi connectivity index (χ4v) is 3.07. The lowest BCUT2D eigenvalue weighted by atomic mass is 10.2. The van der Waals surface area contributed by atoms with Crippen LogP contribution in [0.3, 0.4) is 0 Å². The van der Waals surface area contributed by atoms with Crippen LogP contribution >= 0.6 is 23.2 Å². The number of carbonyl (C=O) groups excluding carboxylic acids is 1. The molecule has 3 rings (SSSR count). The molecule has 3 aromatic carbocycles. The summed E-state index contributed by atoms with van der Waals surface area (Å²) in [4.78, 5) is 12.2. The number of hydrogen-bond acceptors (Lipinski definition) is 4. The minimum absolute atomic E-state index is 0.164. The minimum atomic E-state index is -0.273. The molecule has 0 saturated heterocycles. The van der Waals surface area contributed by atoms with E-state index in [4.69, 9.17) is 32.7 Å². The molecule has 156 valence electrons. The molecule has 0 heterocycles. The van der Waals surface area contributed by atoms with Gasteiger partial charge in [0.2, 0.25) is 0 Å². The lowest BCUT2D eigenvalue weighted by Crippen LogP contribution is -2.20. The maximum atomic E-state index is 12.2. The van der Waals surface area contributed by atoms with E-state index in [9.17, 15) is 4.79 Å². The molecule has 0 bridgehead atoms. The number of anilines is 2. The van der Waals surface area contributed by atoms with Gasteiger partial charge in [-0.15, -0.1) is 0 Å². The maximum Gasteiger partial charge on any atom is 0.262 e. The second kappa shape index (κ2) is 10.2. The number of ether oxygens (including phenoxy) is 2. The molecule has 0 aromatic heterocycles. The van der Waals surface area contributed by atoms with Gasteiger partial charge in [0.15, 0.2) is 18.1 Å². The van der Waals surface area contributed by atoms with E-state index in [0.717, 1.165) is 16.8 Å². The van der Waals surface area contributed by atoms with Gasteiger partial charge in [-0.1, -0.05) is 40.9 Å². The largest absolute Gasteiger partial charge is 0.493 e. The Morgan fingerprint density at radius 2 is 1.60 bits per heavy atom. The third kappa shape index (κ3) is 6.05. The quantitative estimate of drug-likeness (QED) is 0.451. The Morgan fingerprint density at radius 3 is 2.27 bits per heavy atom. The van der Waals surface area contributed by atoms with Crippen molar-refractivity contribution in [1.29, 1.82) is 0 Å². The van der Waals surface area contributed by atoms with Gasteiger partial charge in [-0.25, -0.2) is 0 Å². The average Bonchev–Trinajstić information content (AvgIpc) is 2.74. The van der Waals surface area contributed by atoms with E-state index in [2.05, 4.69) is 10.6 Å². The van der Waals surface area contributed by atoms with Crippen molar-refractivity contribution in [2.75, 3.05) is 24.4 Å². The summed E-state index contributed by atoms with van der Waals surface area (Å²) in [5.74, 6) is 0.623. The van der Waals surface area contributed by atoms with E-state index in [-0.39, 0.29) is 12.5 Å². The van der Waals surface area contributed by atoms with Crippen molar-refractivity contribution in [2.45, 2.75) is 13.5 Å². The highest BCUT2D eigenvalue weighted by Gasteiger charge is 2.13. The molecule has 5 nitrogen and oxygen atoms in total. The second-order valence-corrected chi connectivity index (χ2v) is 7.50. The van der Waals surface area contributed by atoms with Crippen molar-refractivity contribution in [3.63, 3.8) is 0 Å². The van der Waals surface area contributed by atoms with Gasteiger partial charge in [-0.3, -0.25) is 4.79 Å². The summed E-state index contributed by atoms with van der Waals surface area (Å²) in [5, 5.41) is 7.25. The number of hydrogen-bond donors (Lipinski definition) is 2. The van der Waals surface area contributed by atoms with Crippen molar-refractivity contribution in [1.82, 2.24) is 0 Å². The molecule has 3 aromatic rings. The summed E-state index contributed by atoms with van der Waals surface area (Å²) in [6.07, 6.45) is 0. The number of benzene rings is 3. The normalized spacial score (nSPS) is 10.4. The van der Waals surface area contributed by atoms with Crippen molar-refractivity contribution in [2.24, 2.45) is 0 Å². The van der Waals surface area contributed by atoms with Crippen LogP contribution in [0, 0.1) is 6.92 Å². The molecule has 0 unspecified atom stereocenters. The predicted molar refractivity (Wildman–Crippen MR) is 122 cm³/mol. The zero-order valence-corrected chi connectivity index (χ0v) is 18.2. The molecule has 0 saturated carbocycles. The maximum absolute atomic E-state index is 12.2. The smallest absolute Gasteiger partial charge is 0.262 e. The summed E-state index contributed by atoms with van der Waals surface area (Å²) in [6.45, 7) is 2.31. The summed E-state index contributed by atoms with van der Waals surface area (Å²) in [7, 11) is 1.54. The first-order valence-electron chi connectivity index (χ1n) is 9.30. The zero-order chi connectivity index (χ0) is 21.5. The van der Waals surface area contributed by atoms with Gasteiger partial charge >= 0.3 is 0 Å². The molecule has 0 aliphatic carbocycles. The third-order valence-corrected chi connectivity index (χ3v) is 4.96. The van der Waals surface area contributed by atoms with Gasteiger partial charge in [-0.05, 0) is 55.0 Å². The number of rotatable bonds is 8. The van der Waals surface area contributed by atoms with Crippen LogP contribution in [-0.2, 0) is 11.3 Å². The molecular weight excluding hydrogens is 423 g/mol. The van der Waals surface area contributed by atoms with E-state index in [1.54, 1.807) is 19.2 Å². The van der Waals surface area contributed by atoms with E-state index in [1.807, 2.05) is 55.5 Å². The van der Waals surface area contributed by atoms with Crippen molar-refractivity contribution in [3.05, 3.63) is 81.8 Å². The summed E-state index contributed by atoms with van der Waals surface area (Å²) in [6, 6.07) is 18.4. The second-order valence-electron chi connectivity index (χ2n) is 6.66. The minimum Gasteiger partial charge on any atom is -0.493 e. The number of methoxy groups -OCH3 is 1. The van der Waals surface area contributed by atoms with Crippen LogP contribution in [0.4, 0.5) is 11.4 Å². The van der Waals surface area contributed by atoms with Crippen molar-refractivity contribution < 1.29 is 14.3 Å². The number of amides is 1. The van der Waals surface area contributed by atoms with Gasteiger partial charge in [0, 0.05) is 34.0 Å². The molecule has 0 atom stereocenters. The SMILES string of the molecule is COc1cc(CNc2ccc(Cl)cc2)c(Cl)cc1OCC(=O)Nc1ccc(C)cc1. The molecule has 0 aliphatic heterocycles. The topological polar surface area (TPSA) is 59.6 Å². The standard InChI is InChI=1S/C23H22Cl2N2O3/c1-15-3-7-19(8-4-15)27-23(28)14-30-22-12-20(25)16(11-21(22)29-2)13-26-18-9-5-17(24)6-10-18/h3-12,26H,13-14H2,1-2H3,(H,27,28). The summed E-state index contributed by atoms with van der Waals surface area (Å²) < 4.78 is 11.1. The summed E-state index contributed by atoms with van der Waals surface area (Å²) >= 11 is 12.3. The van der Waals surface area contributed by atoms with Crippen LogP contribution in [0.15, 0.2) is 60.7 Å². The molecule has 1 amide bonds. The predicted octanol–water partition coefficient (Wildman–Crippen LogP) is 5.94. The van der Waals surface area contributed by atoms with Gasteiger partial charge in [0.25, 0.3) is 5.91 Å². The fraction of sp³-hybridized carbons (Fsp3) is 0.174. The van der Waals surface area contributed by atoms with Gasteiger partial charge in [0.05, 0.1) is 7.11 Å². The van der Waals surface area contributed by atoms with Gasteiger partial charge in [-0.2, -0.15) is 0 Å². The fourth-order valence-electron chi connectivity index (χ4n) is 2.73. The van der Waals surface area contributed by atoms with Crippen LogP contribution in [0.1, 0.15) is 11.1 Å². The molecule has 2 N–H and O–H groups in total. The number of carbonyl (C=O) groups is 1. The van der Waals surface area contributed by atoms with E-state index in [1.165, 1.54) is 0 Å². The lowest BCUT2D eigenvalue weighted by molar-refractivity contribution is -0.118. The van der Waals surface area contributed by atoms with E-state index >= 15 is 0 Å². The Kier molecular flexibility index (Phi) is 7.44. The van der Waals surface area contributed by atoms with Crippen LogP contribution in [0.25, 0.3) is 0 Å².